The first-order valence-electron chi connectivity index (χ1n) is 7.06. The number of benzene rings is 1. The van der Waals surface area contributed by atoms with E-state index in [1.54, 1.807) is 6.20 Å². The fourth-order valence-corrected chi connectivity index (χ4v) is 2.68. The van der Waals surface area contributed by atoms with Gasteiger partial charge in [-0.25, -0.2) is 0 Å². The third kappa shape index (κ3) is 2.22. The molecule has 0 atom stereocenters. The summed E-state index contributed by atoms with van der Waals surface area (Å²) in [5.74, 6) is -0.108. The molecule has 4 rings (SSSR count). The fraction of sp³-hybridized carbons (Fsp3) is 0.333. The maximum Gasteiger partial charge on any atom is 0.256 e. The molecule has 0 bridgehead atoms. The summed E-state index contributed by atoms with van der Waals surface area (Å²) < 4.78 is 7.30. The maximum atomic E-state index is 12.4. The summed E-state index contributed by atoms with van der Waals surface area (Å²) in [4.78, 5) is 12.4. The second-order valence-electron chi connectivity index (χ2n) is 5.41. The number of carbonyl (C=O) groups is 1. The van der Waals surface area contributed by atoms with Crippen LogP contribution in [0.1, 0.15) is 27.5 Å². The number of hydrogen-bond acceptors (Lipinski definition) is 4. The molecule has 3 heterocycles. The predicted octanol–water partition coefficient (Wildman–Crippen LogP) is 1.31. The molecule has 1 fully saturated rings. The zero-order chi connectivity index (χ0) is 14.2. The van der Waals surface area contributed by atoms with Crippen LogP contribution in [-0.4, -0.2) is 28.8 Å². The number of rotatable bonds is 3. The Morgan fingerprint density at radius 3 is 3.10 bits per heavy atom. The molecule has 1 aromatic heterocycles. The first-order chi connectivity index (χ1) is 10.3. The Morgan fingerprint density at radius 1 is 1.38 bits per heavy atom. The largest absolute Gasteiger partial charge is 0.372 e. The van der Waals surface area contributed by atoms with Gasteiger partial charge in [0.1, 0.15) is 0 Å². The fourth-order valence-electron chi connectivity index (χ4n) is 2.68. The first-order valence-corrected chi connectivity index (χ1v) is 7.06. The van der Waals surface area contributed by atoms with Gasteiger partial charge in [0.2, 0.25) is 0 Å². The molecule has 0 aliphatic carbocycles. The highest BCUT2D eigenvalue weighted by atomic mass is 16.5. The van der Waals surface area contributed by atoms with Gasteiger partial charge in [-0.3, -0.25) is 9.48 Å². The molecule has 108 valence electrons. The van der Waals surface area contributed by atoms with Crippen LogP contribution in [0.25, 0.3) is 0 Å². The van der Waals surface area contributed by atoms with Gasteiger partial charge in [-0.05, 0) is 17.2 Å². The SMILES string of the molecule is O=C(Nc1cnn(C2CNC2)c1)c1cccc2c1COC2. The normalized spacial score (nSPS) is 17.3. The number of anilines is 1. The van der Waals surface area contributed by atoms with E-state index in [2.05, 4.69) is 15.7 Å². The van der Waals surface area contributed by atoms with Gasteiger partial charge >= 0.3 is 0 Å². The van der Waals surface area contributed by atoms with Crippen LogP contribution in [0.2, 0.25) is 0 Å². The predicted molar refractivity (Wildman–Crippen MR) is 77.0 cm³/mol. The Bertz CT molecular complexity index is 691. The average molecular weight is 284 g/mol. The van der Waals surface area contributed by atoms with E-state index >= 15 is 0 Å². The van der Waals surface area contributed by atoms with E-state index in [1.165, 1.54) is 0 Å². The number of hydrogen-bond donors (Lipinski definition) is 2. The van der Waals surface area contributed by atoms with Crippen LogP contribution in [0.15, 0.2) is 30.6 Å². The Kier molecular flexibility index (Phi) is 2.98. The van der Waals surface area contributed by atoms with Crippen LogP contribution >= 0.6 is 0 Å². The van der Waals surface area contributed by atoms with Crippen molar-refractivity contribution in [2.24, 2.45) is 0 Å². The maximum absolute atomic E-state index is 12.4. The number of carbonyl (C=O) groups excluding carboxylic acids is 1. The van der Waals surface area contributed by atoms with Crippen molar-refractivity contribution in [3.63, 3.8) is 0 Å². The van der Waals surface area contributed by atoms with Crippen molar-refractivity contribution >= 4 is 11.6 Å². The van der Waals surface area contributed by atoms with Gasteiger partial charge in [-0.15, -0.1) is 0 Å². The van der Waals surface area contributed by atoms with Crippen LogP contribution in [0.3, 0.4) is 0 Å². The second-order valence-corrected chi connectivity index (χ2v) is 5.41. The van der Waals surface area contributed by atoms with Crippen LogP contribution in [-0.2, 0) is 18.0 Å². The lowest BCUT2D eigenvalue weighted by atomic mass is 10.0. The standard InChI is InChI=1S/C15H16N4O2/c20-15(13-3-1-2-10-8-21-9-14(10)13)18-11-4-17-19(7-11)12-5-16-6-12/h1-4,7,12,16H,5-6,8-9H2,(H,18,20). The summed E-state index contributed by atoms with van der Waals surface area (Å²) in [6.45, 7) is 2.95. The minimum Gasteiger partial charge on any atom is -0.372 e. The monoisotopic (exact) mass is 284 g/mol. The van der Waals surface area contributed by atoms with E-state index in [9.17, 15) is 4.79 Å². The van der Waals surface area contributed by atoms with E-state index in [0.717, 1.165) is 29.9 Å². The Morgan fingerprint density at radius 2 is 2.29 bits per heavy atom. The van der Waals surface area contributed by atoms with Gasteiger partial charge in [-0.1, -0.05) is 12.1 Å². The molecule has 2 aliphatic rings. The zero-order valence-electron chi connectivity index (χ0n) is 11.5. The summed E-state index contributed by atoms with van der Waals surface area (Å²) >= 11 is 0. The number of ether oxygens (including phenoxy) is 1. The van der Waals surface area contributed by atoms with E-state index in [4.69, 9.17) is 4.74 Å². The summed E-state index contributed by atoms with van der Waals surface area (Å²) in [5, 5.41) is 10.4. The second kappa shape index (κ2) is 4.98. The lowest BCUT2D eigenvalue weighted by Gasteiger charge is -2.27. The lowest BCUT2D eigenvalue weighted by molar-refractivity contribution is 0.102. The molecule has 2 aliphatic heterocycles. The van der Waals surface area contributed by atoms with Crippen molar-refractivity contribution < 1.29 is 9.53 Å². The van der Waals surface area contributed by atoms with Crippen molar-refractivity contribution in [3.05, 3.63) is 47.3 Å². The van der Waals surface area contributed by atoms with Crippen LogP contribution in [0, 0.1) is 0 Å². The number of amides is 1. The summed E-state index contributed by atoms with van der Waals surface area (Å²) in [6, 6.07) is 6.13. The molecule has 2 N–H and O–H groups in total. The van der Waals surface area contributed by atoms with Gasteiger partial charge in [0.15, 0.2) is 0 Å². The minimum atomic E-state index is -0.108. The molecule has 6 nitrogen and oxygen atoms in total. The Balaban J connectivity index is 1.53. The summed E-state index contributed by atoms with van der Waals surface area (Å²) in [7, 11) is 0. The van der Waals surface area contributed by atoms with Gasteiger partial charge in [-0.2, -0.15) is 5.10 Å². The molecule has 6 heteroatoms. The number of aromatic nitrogens is 2. The molecular weight excluding hydrogens is 268 g/mol. The number of nitrogens with zero attached hydrogens (tertiary/aromatic N) is 2. The highest BCUT2D eigenvalue weighted by Gasteiger charge is 2.21. The van der Waals surface area contributed by atoms with Gasteiger partial charge in [0.05, 0.1) is 31.1 Å². The van der Waals surface area contributed by atoms with Crippen molar-refractivity contribution in [2.75, 3.05) is 18.4 Å². The molecule has 2 aromatic rings. The third-order valence-electron chi connectivity index (χ3n) is 4.02. The Hall–Kier alpha value is -2.18. The molecule has 0 saturated carbocycles. The highest BCUT2D eigenvalue weighted by Crippen LogP contribution is 2.24. The van der Waals surface area contributed by atoms with Gasteiger partial charge in [0.25, 0.3) is 5.91 Å². The van der Waals surface area contributed by atoms with E-state index < -0.39 is 0 Å². The molecule has 1 amide bonds. The van der Waals surface area contributed by atoms with Crippen molar-refractivity contribution in [2.45, 2.75) is 19.3 Å². The molecule has 0 unspecified atom stereocenters. The van der Waals surface area contributed by atoms with Crippen molar-refractivity contribution in [3.8, 4) is 0 Å². The Labute approximate surface area is 122 Å². The number of nitrogens with one attached hydrogen (secondary N) is 2. The molecular formula is C15H16N4O2. The van der Waals surface area contributed by atoms with Crippen molar-refractivity contribution in [1.29, 1.82) is 0 Å². The van der Waals surface area contributed by atoms with Crippen LogP contribution in [0.5, 0.6) is 0 Å². The molecule has 1 aromatic carbocycles. The highest BCUT2D eigenvalue weighted by molar-refractivity contribution is 6.05. The summed E-state index contributed by atoms with van der Waals surface area (Å²) in [6.07, 6.45) is 3.57. The van der Waals surface area contributed by atoms with E-state index in [0.29, 0.717) is 24.8 Å². The van der Waals surface area contributed by atoms with Gasteiger partial charge < -0.3 is 15.4 Å². The zero-order valence-corrected chi connectivity index (χ0v) is 11.5. The summed E-state index contributed by atoms with van der Waals surface area (Å²) in [5.41, 5.74) is 3.50. The van der Waals surface area contributed by atoms with E-state index in [-0.39, 0.29) is 5.91 Å². The molecule has 0 spiro atoms. The smallest absolute Gasteiger partial charge is 0.256 e. The lowest BCUT2D eigenvalue weighted by Crippen LogP contribution is -2.43. The van der Waals surface area contributed by atoms with Crippen molar-refractivity contribution in [1.82, 2.24) is 15.1 Å². The van der Waals surface area contributed by atoms with Crippen LogP contribution < -0.4 is 10.6 Å². The molecule has 1 saturated heterocycles. The van der Waals surface area contributed by atoms with E-state index in [1.807, 2.05) is 29.1 Å². The number of fused-ring (bicyclic) bond motifs is 1. The third-order valence-corrected chi connectivity index (χ3v) is 4.02. The first kappa shape index (κ1) is 12.6. The minimum absolute atomic E-state index is 0.108. The topological polar surface area (TPSA) is 68.2 Å². The van der Waals surface area contributed by atoms with Gasteiger partial charge in [0, 0.05) is 24.8 Å². The average Bonchev–Trinajstić information content (AvgIpc) is 3.05. The quantitative estimate of drug-likeness (QED) is 0.891. The molecule has 0 radical (unpaired) electrons. The van der Waals surface area contributed by atoms with Crippen LogP contribution in [0.4, 0.5) is 5.69 Å². The molecule has 21 heavy (non-hydrogen) atoms.